The number of nitrogens with one attached hydrogen (secondary N) is 1. The Balaban J connectivity index is 2.03. The van der Waals surface area contributed by atoms with Gasteiger partial charge in [-0.15, -0.1) is 0 Å². The largest absolute Gasteiger partial charge is 0.468 e. The number of ether oxygens (including phenoxy) is 1. The molecule has 1 N–H and O–H groups in total. The Morgan fingerprint density at radius 1 is 1.38 bits per heavy atom. The lowest BCUT2D eigenvalue weighted by molar-refractivity contribution is -0.144. The molecule has 1 aromatic carbocycles. The molecule has 1 amide bonds. The Hall–Kier alpha value is -1.51. The van der Waals surface area contributed by atoms with Crippen LogP contribution in [0.25, 0.3) is 0 Å². The maximum atomic E-state index is 10.7. The lowest BCUT2D eigenvalue weighted by Gasteiger charge is -2.38. The van der Waals surface area contributed by atoms with Crippen LogP contribution in [0.1, 0.15) is 13.3 Å². The molecule has 13 heavy (non-hydrogen) atoms. The molecule has 0 saturated carbocycles. The van der Waals surface area contributed by atoms with Gasteiger partial charge < -0.3 is 10.1 Å². The zero-order chi connectivity index (χ0) is 9.31. The third-order valence-corrected chi connectivity index (χ3v) is 1.99. The maximum Gasteiger partial charge on any atom is 0.229 e. The highest BCUT2D eigenvalue weighted by Gasteiger charge is 2.40. The first-order chi connectivity index (χ1) is 6.18. The van der Waals surface area contributed by atoms with Gasteiger partial charge in [0.25, 0.3) is 0 Å². The predicted octanol–water partition coefficient (Wildman–Crippen LogP) is 1.30. The van der Waals surface area contributed by atoms with E-state index in [-0.39, 0.29) is 5.91 Å². The summed E-state index contributed by atoms with van der Waals surface area (Å²) >= 11 is 0. The Kier molecular flexibility index (Phi) is 1.72. The molecule has 68 valence electrons. The highest BCUT2D eigenvalue weighted by Crippen LogP contribution is 2.24. The number of hydrogen-bond acceptors (Lipinski definition) is 2. The number of hydrogen-bond donors (Lipinski definition) is 1. The van der Waals surface area contributed by atoms with Gasteiger partial charge in [0.1, 0.15) is 5.75 Å². The van der Waals surface area contributed by atoms with Crippen LogP contribution in [0, 0.1) is 0 Å². The minimum Gasteiger partial charge on any atom is -0.468 e. The van der Waals surface area contributed by atoms with E-state index in [1.165, 1.54) is 0 Å². The summed E-state index contributed by atoms with van der Waals surface area (Å²) in [6.07, 6.45) is 0.432. The molecule has 3 heteroatoms. The van der Waals surface area contributed by atoms with E-state index < -0.39 is 5.72 Å². The zero-order valence-corrected chi connectivity index (χ0v) is 7.41. The maximum absolute atomic E-state index is 10.7. The summed E-state index contributed by atoms with van der Waals surface area (Å²) in [5.41, 5.74) is -0.502. The summed E-state index contributed by atoms with van der Waals surface area (Å²) in [5.74, 6) is 0.823. The van der Waals surface area contributed by atoms with Crippen molar-refractivity contribution in [2.75, 3.05) is 0 Å². The second-order valence-electron chi connectivity index (χ2n) is 3.37. The van der Waals surface area contributed by atoms with Crippen molar-refractivity contribution in [1.82, 2.24) is 5.32 Å². The fourth-order valence-electron chi connectivity index (χ4n) is 1.39. The van der Waals surface area contributed by atoms with Gasteiger partial charge in [-0.2, -0.15) is 0 Å². The lowest BCUT2D eigenvalue weighted by Crippen LogP contribution is -2.62. The summed E-state index contributed by atoms with van der Waals surface area (Å²) in [5, 5.41) is 2.71. The molecule has 1 aromatic rings. The van der Waals surface area contributed by atoms with Crippen LogP contribution >= 0.6 is 0 Å². The molecule has 1 heterocycles. The molecule has 0 spiro atoms. The van der Waals surface area contributed by atoms with Crippen molar-refractivity contribution in [2.45, 2.75) is 19.1 Å². The molecule has 2 rings (SSSR count). The van der Waals surface area contributed by atoms with Crippen molar-refractivity contribution in [3.05, 3.63) is 30.3 Å². The number of β-lactam (4-membered cyclic amide) rings is 1. The van der Waals surface area contributed by atoms with Crippen molar-refractivity contribution in [1.29, 1.82) is 0 Å². The quantitative estimate of drug-likeness (QED) is 0.691. The Bertz CT molecular complexity index is 313. The van der Waals surface area contributed by atoms with Crippen molar-refractivity contribution in [3.8, 4) is 5.75 Å². The van der Waals surface area contributed by atoms with Gasteiger partial charge in [0, 0.05) is 0 Å². The first kappa shape index (κ1) is 8.10. The minimum atomic E-state index is -0.502. The molecular weight excluding hydrogens is 166 g/mol. The van der Waals surface area contributed by atoms with Gasteiger partial charge in [-0.1, -0.05) is 18.2 Å². The Morgan fingerprint density at radius 2 is 2.00 bits per heavy atom. The summed E-state index contributed by atoms with van der Waals surface area (Å²) in [7, 11) is 0. The molecule has 1 saturated heterocycles. The van der Waals surface area contributed by atoms with Crippen LogP contribution in [0.4, 0.5) is 0 Å². The van der Waals surface area contributed by atoms with Crippen molar-refractivity contribution >= 4 is 5.91 Å². The van der Waals surface area contributed by atoms with Crippen molar-refractivity contribution in [3.63, 3.8) is 0 Å². The lowest BCUT2D eigenvalue weighted by atomic mass is 10.0. The van der Waals surface area contributed by atoms with Crippen LogP contribution in [-0.2, 0) is 4.79 Å². The van der Waals surface area contributed by atoms with Crippen molar-refractivity contribution < 1.29 is 9.53 Å². The van der Waals surface area contributed by atoms with Gasteiger partial charge in [0.2, 0.25) is 5.91 Å². The smallest absolute Gasteiger partial charge is 0.229 e. The number of amides is 1. The Labute approximate surface area is 76.7 Å². The van der Waals surface area contributed by atoms with Gasteiger partial charge in [-0.25, -0.2) is 0 Å². The molecular formula is C10H11NO2. The van der Waals surface area contributed by atoms with E-state index in [0.717, 1.165) is 5.75 Å². The van der Waals surface area contributed by atoms with E-state index in [0.29, 0.717) is 6.42 Å². The molecule has 0 bridgehead atoms. The molecule has 1 fully saturated rings. The average molecular weight is 177 g/mol. The molecule has 1 atom stereocenters. The molecule has 0 aromatic heterocycles. The van der Waals surface area contributed by atoms with Gasteiger partial charge in [-0.05, 0) is 19.1 Å². The van der Waals surface area contributed by atoms with E-state index in [4.69, 9.17) is 4.74 Å². The standard InChI is InChI=1S/C10H11NO2/c1-10(7-9(12)11-10)13-8-5-3-2-4-6-8/h2-6H,7H2,1H3,(H,11,12). The van der Waals surface area contributed by atoms with Crippen LogP contribution in [-0.4, -0.2) is 11.6 Å². The third kappa shape index (κ3) is 1.64. The minimum absolute atomic E-state index is 0.0402. The molecule has 1 aliphatic heterocycles. The second-order valence-corrected chi connectivity index (χ2v) is 3.37. The van der Waals surface area contributed by atoms with E-state index in [9.17, 15) is 4.79 Å². The topological polar surface area (TPSA) is 38.3 Å². The fourth-order valence-corrected chi connectivity index (χ4v) is 1.39. The zero-order valence-electron chi connectivity index (χ0n) is 7.41. The molecule has 0 aliphatic carbocycles. The van der Waals surface area contributed by atoms with E-state index >= 15 is 0 Å². The van der Waals surface area contributed by atoms with Crippen LogP contribution in [0.5, 0.6) is 5.75 Å². The van der Waals surface area contributed by atoms with Crippen LogP contribution < -0.4 is 10.1 Å². The molecule has 1 unspecified atom stereocenters. The second kappa shape index (κ2) is 2.76. The highest BCUT2D eigenvalue weighted by atomic mass is 16.5. The number of para-hydroxylation sites is 1. The summed E-state index contributed by atoms with van der Waals surface area (Å²) in [6, 6.07) is 9.47. The fraction of sp³-hybridized carbons (Fsp3) is 0.300. The van der Waals surface area contributed by atoms with Gasteiger partial charge in [0.15, 0.2) is 5.72 Å². The SMILES string of the molecule is CC1(Oc2ccccc2)CC(=O)N1. The normalized spacial score (nSPS) is 26.1. The van der Waals surface area contributed by atoms with E-state index in [1.807, 2.05) is 37.3 Å². The van der Waals surface area contributed by atoms with Gasteiger partial charge in [0.05, 0.1) is 6.42 Å². The molecule has 0 radical (unpaired) electrons. The van der Waals surface area contributed by atoms with E-state index in [1.54, 1.807) is 0 Å². The summed E-state index contributed by atoms with van der Waals surface area (Å²) in [6.45, 7) is 1.86. The number of carbonyl (C=O) groups excluding carboxylic acids is 1. The number of carbonyl (C=O) groups is 1. The first-order valence-corrected chi connectivity index (χ1v) is 4.23. The molecule has 1 aliphatic rings. The average Bonchev–Trinajstić information content (AvgIpc) is 2.03. The van der Waals surface area contributed by atoms with Crippen LogP contribution in [0.3, 0.4) is 0 Å². The predicted molar refractivity (Wildman–Crippen MR) is 48.2 cm³/mol. The first-order valence-electron chi connectivity index (χ1n) is 4.23. The summed E-state index contributed by atoms with van der Waals surface area (Å²) in [4.78, 5) is 10.7. The van der Waals surface area contributed by atoms with Crippen molar-refractivity contribution in [2.24, 2.45) is 0 Å². The van der Waals surface area contributed by atoms with Crippen LogP contribution in [0.2, 0.25) is 0 Å². The summed E-state index contributed by atoms with van der Waals surface area (Å²) < 4.78 is 5.58. The Morgan fingerprint density at radius 3 is 2.54 bits per heavy atom. The number of benzene rings is 1. The monoisotopic (exact) mass is 177 g/mol. The third-order valence-electron chi connectivity index (χ3n) is 1.99. The highest BCUT2D eigenvalue weighted by molar-refractivity contribution is 5.83. The van der Waals surface area contributed by atoms with Gasteiger partial charge >= 0.3 is 0 Å². The molecule has 3 nitrogen and oxygen atoms in total. The van der Waals surface area contributed by atoms with Gasteiger partial charge in [-0.3, -0.25) is 4.79 Å². The number of rotatable bonds is 2. The van der Waals surface area contributed by atoms with Crippen LogP contribution in [0.15, 0.2) is 30.3 Å². The van der Waals surface area contributed by atoms with E-state index in [2.05, 4.69) is 5.32 Å².